The lowest BCUT2D eigenvalue weighted by molar-refractivity contribution is 0.446. The van der Waals surface area contributed by atoms with E-state index in [1.54, 1.807) is 12.1 Å². The molecular weight excluding hydrogens is 239 g/mol. The van der Waals surface area contributed by atoms with Crippen molar-refractivity contribution in [1.29, 1.82) is 5.26 Å². The van der Waals surface area contributed by atoms with Gasteiger partial charge in [0, 0.05) is 12.1 Å². The molecule has 0 fully saturated rings. The molecule has 1 rings (SSSR count). The van der Waals surface area contributed by atoms with Crippen molar-refractivity contribution in [3.05, 3.63) is 34.6 Å². The van der Waals surface area contributed by atoms with Crippen LogP contribution in [0.2, 0.25) is 5.02 Å². The Hall–Kier alpha value is -1.11. The molecule has 0 saturated heterocycles. The Balaban J connectivity index is 2.72. The fourth-order valence-electron chi connectivity index (χ4n) is 1.66. The summed E-state index contributed by atoms with van der Waals surface area (Å²) in [5, 5.41) is 12.1. The number of nitrogens with one attached hydrogen (secondary N) is 1. The Bertz CT molecular complexity index is 414. The number of hydrogen-bond donors (Lipinski definition) is 1. The van der Waals surface area contributed by atoms with Crippen LogP contribution >= 0.6 is 11.6 Å². The van der Waals surface area contributed by atoms with Gasteiger partial charge in [0.05, 0.1) is 17.5 Å². The molecule has 2 atom stereocenters. The van der Waals surface area contributed by atoms with Crippen molar-refractivity contribution >= 4 is 11.6 Å². The van der Waals surface area contributed by atoms with E-state index in [2.05, 4.69) is 11.4 Å². The highest BCUT2D eigenvalue weighted by Gasteiger charge is 2.12. The van der Waals surface area contributed by atoms with E-state index < -0.39 is 5.82 Å². The van der Waals surface area contributed by atoms with Gasteiger partial charge >= 0.3 is 0 Å². The number of halogens is 2. The van der Waals surface area contributed by atoms with Crippen LogP contribution in [0.1, 0.15) is 38.3 Å². The molecule has 1 aromatic carbocycles. The highest BCUT2D eigenvalue weighted by Crippen LogP contribution is 2.20. The van der Waals surface area contributed by atoms with Crippen molar-refractivity contribution in [2.75, 3.05) is 0 Å². The molecular formula is C13H16ClFN2. The summed E-state index contributed by atoms with van der Waals surface area (Å²) < 4.78 is 13.3. The second kappa shape index (κ2) is 6.58. The van der Waals surface area contributed by atoms with Crippen LogP contribution in [0.25, 0.3) is 0 Å². The van der Waals surface area contributed by atoms with Crippen LogP contribution in [-0.2, 0) is 0 Å². The molecule has 92 valence electrons. The van der Waals surface area contributed by atoms with Crippen LogP contribution in [0, 0.1) is 17.1 Å². The number of nitrogens with zero attached hydrogens (tertiary/aromatic N) is 1. The summed E-state index contributed by atoms with van der Waals surface area (Å²) in [6.45, 7) is 3.97. The van der Waals surface area contributed by atoms with Gasteiger partial charge in [0.2, 0.25) is 0 Å². The van der Waals surface area contributed by atoms with Gasteiger partial charge in [-0.25, -0.2) is 4.39 Å². The number of benzene rings is 1. The maximum Gasteiger partial charge on any atom is 0.142 e. The lowest BCUT2D eigenvalue weighted by Gasteiger charge is -2.20. The molecule has 0 heterocycles. The molecule has 17 heavy (non-hydrogen) atoms. The van der Waals surface area contributed by atoms with Gasteiger partial charge in [-0.3, -0.25) is 0 Å². The normalized spacial score (nSPS) is 14.1. The summed E-state index contributed by atoms with van der Waals surface area (Å²) in [5.74, 6) is -0.411. The molecule has 2 nitrogen and oxygen atoms in total. The molecule has 0 bridgehead atoms. The van der Waals surface area contributed by atoms with Crippen LogP contribution < -0.4 is 5.32 Å². The molecule has 4 heteroatoms. The third-order valence-corrected chi connectivity index (χ3v) is 3.07. The molecule has 1 N–H and O–H groups in total. The van der Waals surface area contributed by atoms with Gasteiger partial charge in [-0.15, -0.1) is 0 Å². The molecule has 0 aliphatic carbocycles. The van der Waals surface area contributed by atoms with Gasteiger partial charge in [-0.2, -0.15) is 5.26 Å². The van der Waals surface area contributed by atoms with Crippen molar-refractivity contribution in [1.82, 2.24) is 5.32 Å². The molecule has 0 spiro atoms. The largest absolute Gasteiger partial charge is 0.306 e. The first-order chi connectivity index (χ1) is 8.08. The minimum absolute atomic E-state index is 0.0000617. The lowest BCUT2D eigenvalue weighted by atomic mass is 10.1. The Kier molecular flexibility index (Phi) is 5.40. The summed E-state index contributed by atoms with van der Waals surface area (Å²) in [7, 11) is 0. The van der Waals surface area contributed by atoms with Crippen LogP contribution in [0.5, 0.6) is 0 Å². The first-order valence-electron chi connectivity index (χ1n) is 5.66. The smallest absolute Gasteiger partial charge is 0.142 e. The fraction of sp³-hybridized carbons (Fsp3) is 0.462. The van der Waals surface area contributed by atoms with Crippen molar-refractivity contribution < 1.29 is 4.39 Å². The van der Waals surface area contributed by atoms with Gasteiger partial charge < -0.3 is 5.32 Å². The van der Waals surface area contributed by atoms with Crippen LogP contribution in [-0.4, -0.2) is 6.04 Å². The number of nitriles is 1. The lowest BCUT2D eigenvalue weighted by Crippen LogP contribution is -2.30. The summed E-state index contributed by atoms with van der Waals surface area (Å²) in [5.41, 5.74) is 0.836. The number of hydrogen-bond acceptors (Lipinski definition) is 2. The summed E-state index contributed by atoms with van der Waals surface area (Å²) >= 11 is 5.63. The van der Waals surface area contributed by atoms with E-state index in [0.29, 0.717) is 6.42 Å². The zero-order valence-corrected chi connectivity index (χ0v) is 10.8. The van der Waals surface area contributed by atoms with E-state index in [9.17, 15) is 4.39 Å². The molecule has 1 aromatic rings. The van der Waals surface area contributed by atoms with E-state index >= 15 is 0 Å². The fourth-order valence-corrected chi connectivity index (χ4v) is 1.78. The van der Waals surface area contributed by atoms with Gasteiger partial charge in [0.15, 0.2) is 0 Å². The van der Waals surface area contributed by atoms with Crippen molar-refractivity contribution in [2.24, 2.45) is 0 Å². The average molecular weight is 255 g/mol. The zero-order chi connectivity index (χ0) is 12.8. The second-order valence-corrected chi connectivity index (χ2v) is 4.44. The molecule has 0 amide bonds. The van der Waals surface area contributed by atoms with Gasteiger partial charge in [0.1, 0.15) is 5.82 Å². The standard InChI is InChI=1S/C13H16ClFN2/c1-3-11(6-7-16)17-9(2)10-4-5-12(14)13(15)8-10/h4-5,8-9,11,17H,3,6H2,1-2H3. The monoisotopic (exact) mass is 254 g/mol. The second-order valence-electron chi connectivity index (χ2n) is 4.03. The Labute approximate surface area is 106 Å². The molecule has 0 radical (unpaired) electrons. The molecule has 0 aromatic heterocycles. The van der Waals surface area contributed by atoms with Crippen molar-refractivity contribution in [2.45, 2.75) is 38.8 Å². The maximum atomic E-state index is 13.3. The van der Waals surface area contributed by atoms with Crippen LogP contribution in [0.4, 0.5) is 4.39 Å². The first-order valence-corrected chi connectivity index (χ1v) is 6.04. The van der Waals surface area contributed by atoms with Crippen molar-refractivity contribution in [3.63, 3.8) is 0 Å². The summed E-state index contributed by atoms with van der Waals surface area (Å²) in [4.78, 5) is 0. The van der Waals surface area contributed by atoms with E-state index in [1.165, 1.54) is 6.07 Å². The van der Waals surface area contributed by atoms with Gasteiger partial charge in [-0.1, -0.05) is 24.6 Å². The topological polar surface area (TPSA) is 35.8 Å². The molecule has 2 unspecified atom stereocenters. The Morgan fingerprint density at radius 3 is 2.76 bits per heavy atom. The van der Waals surface area contributed by atoms with Crippen molar-refractivity contribution in [3.8, 4) is 6.07 Å². The van der Waals surface area contributed by atoms with E-state index in [1.807, 2.05) is 13.8 Å². The van der Waals surface area contributed by atoms with E-state index in [0.717, 1.165) is 12.0 Å². The molecule has 0 aliphatic rings. The van der Waals surface area contributed by atoms with E-state index in [-0.39, 0.29) is 17.1 Å². The SMILES string of the molecule is CCC(CC#N)NC(C)c1ccc(Cl)c(F)c1. The third-order valence-electron chi connectivity index (χ3n) is 2.76. The number of rotatable bonds is 5. The van der Waals surface area contributed by atoms with Crippen LogP contribution in [0.15, 0.2) is 18.2 Å². The minimum atomic E-state index is -0.411. The predicted molar refractivity (Wildman–Crippen MR) is 67.3 cm³/mol. The Morgan fingerprint density at radius 2 is 2.24 bits per heavy atom. The predicted octanol–water partition coefficient (Wildman–Crippen LogP) is 3.82. The Morgan fingerprint density at radius 1 is 1.53 bits per heavy atom. The first kappa shape index (κ1) is 14.0. The summed E-state index contributed by atoms with van der Waals surface area (Å²) in [6.07, 6.45) is 1.32. The maximum absolute atomic E-state index is 13.3. The third kappa shape index (κ3) is 3.99. The van der Waals surface area contributed by atoms with Gasteiger partial charge in [0.25, 0.3) is 0 Å². The highest BCUT2D eigenvalue weighted by atomic mass is 35.5. The summed E-state index contributed by atoms with van der Waals surface area (Å²) in [6, 6.07) is 7.05. The van der Waals surface area contributed by atoms with Gasteiger partial charge in [-0.05, 0) is 31.0 Å². The molecule has 0 saturated carbocycles. The quantitative estimate of drug-likeness (QED) is 0.867. The van der Waals surface area contributed by atoms with Crippen LogP contribution in [0.3, 0.4) is 0 Å². The zero-order valence-electron chi connectivity index (χ0n) is 10.0. The minimum Gasteiger partial charge on any atom is -0.306 e. The highest BCUT2D eigenvalue weighted by molar-refractivity contribution is 6.30. The molecule has 0 aliphatic heterocycles. The average Bonchev–Trinajstić information content (AvgIpc) is 2.31. The van der Waals surface area contributed by atoms with E-state index in [4.69, 9.17) is 16.9 Å².